The average Bonchev–Trinajstić information content (AvgIpc) is 3.42. The number of hydrogen-bond acceptors (Lipinski definition) is 5. The zero-order chi connectivity index (χ0) is 54.8. The van der Waals surface area contributed by atoms with Crippen LogP contribution in [0.2, 0.25) is 0 Å². The predicted molar refractivity (Wildman–Crippen MR) is 334 cm³/mol. The molecule has 0 rings (SSSR count). The Morgan fingerprint density at radius 1 is 0.316 bits per heavy atom. The molecule has 1 atom stereocenters. The Bertz CT molecular complexity index is 1430. The Morgan fingerprint density at radius 3 is 0.855 bits per heavy atom. The Balaban J connectivity index is 3.46. The molecule has 0 bridgehead atoms. The molecular weight excluding hydrogens is 933 g/mol. The van der Waals surface area contributed by atoms with Crippen LogP contribution < -0.4 is 0 Å². The van der Waals surface area contributed by atoms with Crippen LogP contribution in [-0.2, 0) is 19.1 Å². The molecule has 0 fully saturated rings. The number of carbonyl (C=O) groups is 2. The molecule has 438 valence electrons. The van der Waals surface area contributed by atoms with Gasteiger partial charge in [0, 0.05) is 12.8 Å². The summed E-state index contributed by atoms with van der Waals surface area (Å²) in [5.41, 5.74) is 0. The van der Waals surface area contributed by atoms with Gasteiger partial charge in [-0.05, 0) is 96.3 Å². The summed E-state index contributed by atoms with van der Waals surface area (Å²) in [6.45, 7) is 4.05. The molecular formula is C71H124O5. The molecule has 0 aliphatic rings. The summed E-state index contributed by atoms with van der Waals surface area (Å²) in [5, 5.41) is 9.69. The first-order valence-electron chi connectivity index (χ1n) is 32.8. The molecule has 0 heterocycles. The lowest BCUT2D eigenvalue weighted by molar-refractivity contribution is -0.161. The highest BCUT2D eigenvalue weighted by Gasteiger charge is 2.16. The Kier molecular flexibility index (Phi) is 63.3. The molecule has 1 N–H and O–H groups in total. The van der Waals surface area contributed by atoms with Crippen LogP contribution in [0.1, 0.15) is 322 Å². The molecule has 0 amide bonds. The van der Waals surface area contributed by atoms with Crippen molar-refractivity contribution in [2.24, 2.45) is 0 Å². The Hall–Kier alpha value is -3.18. The van der Waals surface area contributed by atoms with Crippen molar-refractivity contribution in [2.75, 3.05) is 13.2 Å². The fourth-order valence-electron chi connectivity index (χ4n) is 9.47. The van der Waals surface area contributed by atoms with Crippen LogP contribution in [0.5, 0.6) is 0 Å². The third-order valence-corrected chi connectivity index (χ3v) is 14.4. The van der Waals surface area contributed by atoms with Crippen LogP contribution in [0.3, 0.4) is 0 Å². The maximum absolute atomic E-state index is 12.4. The number of hydrogen-bond donors (Lipinski definition) is 1. The van der Waals surface area contributed by atoms with Gasteiger partial charge in [-0.15, -0.1) is 0 Å². The minimum absolute atomic E-state index is 0.0666. The van der Waals surface area contributed by atoms with Crippen molar-refractivity contribution in [3.63, 3.8) is 0 Å². The normalized spacial score (nSPS) is 12.8. The number of esters is 2. The van der Waals surface area contributed by atoms with Crippen LogP contribution in [0, 0.1) is 0 Å². The summed E-state index contributed by atoms with van der Waals surface area (Å²) in [4.78, 5) is 24.6. The van der Waals surface area contributed by atoms with Crippen LogP contribution in [0.15, 0.2) is 97.2 Å². The molecule has 0 aromatic carbocycles. The second kappa shape index (κ2) is 66.1. The standard InChI is InChI=1S/C71H124O5/c1-3-5-7-9-11-13-15-17-19-21-23-25-27-29-31-33-35-37-39-41-43-45-47-49-51-53-55-57-59-61-63-65-70(73)75-68-69(67-72)76-71(74)66-64-62-60-58-56-54-52-50-48-46-44-42-40-38-36-34-32-30-28-26-24-22-20-18-16-14-12-10-8-6-4-2/h6,8,12,14-15,17-18,20-21,23-24,26-27,29-30,32,69,72H,3-5,7,9-11,13,16,19,22,25,28,31,33-68H2,1-2H3/b8-6-,14-12-,17-15-,20-18-,23-21-,26-24-,29-27-,32-30-. The molecule has 1 unspecified atom stereocenters. The second-order valence-corrected chi connectivity index (χ2v) is 21.8. The predicted octanol–water partition coefficient (Wildman–Crippen LogP) is 22.6. The summed E-state index contributed by atoms with van der Waals surface area (Å²) < 4.78 is 10.8. The maximum Gasteiger partial charge on any atom is 0.306 e. The second-order valence-electron chi connectivity index (χ2n) is 21.8. The van der Waals surface area contributed by atoms with Crippen LogP contribution in [0.25, 0.3) is 0 Å². The van der Waals surface area contributed by atoms with E-state index < -0.39 is 6.10 Å². The minimum atomic E-state index is -0.777. The highest BCUT2D eigenvalue weighted by atomic mass is 16.6. The van der Waals surface area contributed by atoms with E-state index in [0.717, 1.165) is 83.5 Å². The number of aliphatic hydroxyl groups is 1. The van der Waals surface area contributed by atoms with Gasteiger partial charge in [-0.3, -0.25) is 9.59 Å². The fourth-order valence-corrected chi connectivity index (χ4v) is 9.47. The van der Waals surface area contributed by atoms with Gasteiger partial charge < -0.3 is 14.6 Å². The quantitative estimate of drug-likeness (QED) is 0.0373. The van der Waals surface area contributed by atoms with E-state index in [-0.39, 0.29) is 25.2 Å². The number of unbranched alkanes of at least 4 members (excludes halogenated alkanes) is 36. The molecule has 0 aliphatic carbocycles. The smallest absolute Gasteiger partial charge is 0.306 e. The molecule has 76 heavy (non-hydrogen) atoms. The topological polar surface area (TPSA) is 72.8 Å². The average molecular weight is 1060 g/mol. The van der Waals surface area contributed by atoms with E-state index in [1.54, 1.807) is 0 Å². The lowest BCUT2D eigenvalue weighted by Crippen LogP contribution is -2.28. The van der Waals surface area contributed by atoms with Crippen molar-refractivity contribution in [1.82, 2.24) is 0 Å². The first-order valence-corrected chi connectivity index (χ1v) is 32.8. The van der Waals surface area contributed by atoms with Gasteiger partial charge in [0.1, 0.15) is 6.61 Å². The molecule has 5 nitrogen and oxygen atoms in total. The molecule has 5 heteroatoms. The summed E-state index contributed by atoms with van der Waals surface area (Å²) in [5.74, 6) is -0.581. The molecule has 0 radical (unpaired) electrons. The zero-order valence-corrected chi connectivity index (χ0v) is 50.3. The number of allylic oxidation sites excluding steroid dienone is 16. The lowest BCUT2D eigenvalue weighted by atomic mass is 10.0. The monoisotopic (exact) mass is 1060 g/mol. The highest BCUT2D eigenvalue weighted by molar-refractivity contribution is 5.70. The van der Waals surface area contributed by atoms with Crippen LogP contribution in [0.4, 0.5) is 0 Å². The van der Waals surface area contributed by atoms with Gasteiger partial charge in [-0.25, -0.2) is 0 Å². The third kappa shape index (κ3) is 63.4. The van der Waals surface area contributed by atoms with E-state index in [9.17, 15) is 14.7 Å². The SMILES string of the molecule is CC/C=C\C/C=C\C/C=C\C/C=C\C/C=C\CCCCCCCCCCCCCCCCCC(=O)OC(CO)COC(=O)CCCCCCCCCCCCCCCCCC/C=C\C/C=C\C/C=C\CCCCCCC. The molecule has 0 aromatic heterocycles. The van der Waals surface area contributed by atoms with Crippen molar-refractivity contribution in [3.8, 4) is 0 Å². The van der Waals surface area contributed by atoms with Gasteiger partial charge >= 0.3 is 11.9 Å². The number of aliphatic hydroxyl groups excluding tert-OH is 1. The van der Waals surface area contributed by atoms with E-state index in [1.165, 1.54) is 212 Å². The van der Waals surface area contributed by atoms with Crippen molar-refractivity contribution < 1.29 is 24.2 Å². The van der Waals surface area contributed by atoms with Crippen molar-refractivity contribution >= 4 is 11.9 Å². The first-order chi connectivity index (χ1) is 37.6. The summed E-state index contributed by atoms with van der Waals surface area (Å²) in [7, 11) is 0. The van der Waals surface area contributed by atoms with Crippen molar-refractivity contribution in [1.29, 1.82) is 0 Å². The molecule has 0 aromatic rings. The molecule has 0 saturated heterocycles. The molecule has 0 spiro atoms. The Labute approximate surface area is 472 Å². The van der Waals surface area contributed by atoms with Gasteiger partial charge in [-0.1, -0.05) is 310 Å². The maximum atomic E-state index is 12.4. The first kappa shape index (κ1) is 72.8. The van der Waals surface area contributed by atoms with E-state index in [1.807, 2.05) is 0 Å². The zero-order valence-electron chi connectivity index (χ0n) is 50.3. The van der Waals surface area contributed by atoms with Gasteiger partial charge in [0.25, 0.3) is 0 Å². The minimum Gasteiger partial charge on any atom is -0.462 e. The van der Waals surface area contributed by atoms with Crippen molar-refractivity contribution in [3.05, 3.63) is 97.2 Å². The van der Waals surface area contributed by atoms with Gasteiger partial charge in [-0.2, -0.15) is 0 Å². The van der Waals surface area contributed by atoms with E-state index in [2.05, 4.69) is 111 Å². The number of rotatable bonds is 60. The summed E-state index contributed by atoms with van der Waals surface area (Å²) >= 11 is 0. The lowest BCUT2D eigenvalue weighted by Gasteiger charge is -2.15. The third-order valence-electron chi connectivity index (χ3n) is 14.4. The van der Waals surface area contributed by atoms with Gasteiger partial charge in [0.15, 0.2) is 6.10 Å². The van der Waals surface area contributed by atoms with Crippen LogP contribution >= 0.6 is 0 Å². The molecule has 0 aliphatic heterocycles. The van der Waals surface area contributed by atoms with Crippen LogP contribution in [-0.4, -0.2) is 36.4 Å². The fraction of sp³-hybridized carbons (Fsp3) is 0.746. The highest BCUT2D eigenvalue weighted by Crippen LogP contribution is 2.17. The Morgan fingerprint density at radius 2 is 0.566 bits per heavy atom. The molecule has 0 saturated carbocycles. The summed E-state index contributed by atoms with van der Waals surface area (Å²) in [6.07, 6.45) is 94.1. The number of carbonyl (C=O) groups excluding carboxylic acids is 2. The van der Waals surface area contributed by atoms with Gasteiger partial charge in [0.2, 0.25) is 0 Å². The van der Waals surface area contributed by atoms with Gasteiger partial charge in [0.05, 0.1) is 6.61 Å². The largest absolute Gasteiger partial charge is 0.462 e. The van der Waals surface area contributed by atoms with E-state index in [4.69, 9.17) is 9.47 Å². The summed E-state index contributed by atoms with van der Waals surface area (Å²) in [6, 6.07) is 0. The van der Waals surface area contributed by atoms with E-state index >= 15 is 0 Å². The number of ether oxygens (including phenoxy) is 2. The van der Waals surface area contributed by atoms with Crippen molar-refractivity contribution in [2.45, 2.75) is 328 Å². The van der Waals surface area contributed by atoms with E-state index in [0.29, 0.717) is 12.8 Å².